The number of carbonyl (C=O) groups is 2. The smallest absolute Gasteiger partial charge is 0.429 e. The van der Waals surface area contributed by atoms with Crippen molar-refractivity contribution in [1.29, 1.82) is 0 Å². The fourth-order valence-corrected chi connectivity index (χ4v) is 4.37. The van der Waals surface area contributed by atoms with E-state index in [-0.39, 0.29) is 29.5 Å². The number of amides is 1. The van der Waals surface area contributed by atoms with Crippen LogP contribution in [0.3, 0.4) is 0 Å². The average Bonchev–Trinajstić information content (AvgIpc) is 2.70. The van der Waals surface area contributed by atoms with E-state index in [2.05, 4.69) is 0 Å². The van der Waals surface area contributed by atoms with Crippen molar-refractivity contribution in [2.24, 2.45) is 0 Å². The predicted molar refractivity (Wildman–Crippen MR) is 126 cm³/mol. The van der Waals surface area contributed by atoms with Crippen LogP contribution in [0.15, 0.2) is 48.5 Å². The van der Waals surface area contributed by atoms with Gasteiger partial charge in [0.1, 0.15) is 29.4 Å². The molecule has 0 aliphatic heterocycles. The fraction of sp³-hybridized carbons (Fsp3) is 0.417. The van der Waals surface area contributed by atoms with E-state index in [9.17, 15) is 18.0 Å². The van der Waals surface area contributed by atoms with Crippen LogP contribution in [0.4, 0.5) is 10.5 Å². The van der Waals surface area contributed by atoms with Crippen molar-refractivity contribution in [1.82, 2.24) is 0 Å². The lowest BCUT2D eigenvalue weighted by Crippen LogP contribution is -2.42. The Balaban J connectivity index is 2.57. The minimum atomic E-state index is -4.12. The molecule has 0 N–H and O–H groups in total. The zero-order valence-corrected chi connectivity index (χ0v) is 20.5. The van der Waals surface area contributed by atoms with E-state index in [4.69, 9.17) is 14.2 Å². The maximum atomic E-state index is 13.2. The van der Waals surface area contributed by atoms with Gasteiger partial charge in [-0.25, -0.2) is 13.2 Å². The number of sulfonamides is 1. The number of ether oxygens (including phenoxy) is 3. The first kappa shape index (κ1) is 26.2. The number of nitrogens with zero attached hydrogens (tertiary/aromatic N) is 1. The van der Waals surface area contributed by atoms with Crippen molar-refractivity contribution in [3.05, 3.63) is 54.1 Å². The van der Waals surface area contributed by atoms with Gasteiger partial charge in [-0.1, -0.05) is 43.7 Å². The standard InChI is InChI=1S/C24H31NO7S/c1-6-7-15-33(28,29)25(23(27)32-24(3,4)5)21-16-20(31-18(2)26)13-14-22(21)30-17-19-11-9-8-10-12-19/h8-14,16H,6-7,15,17H2,1-5H3. The van der Waals surface area contributed by atoms with Gasteiger partial charge < -0.3 is 14.2 Å². The maximum Gasteiger partial charge on any atom is 0.429 e. The molecule has 0 bridgehead atoms. The second-order valence-corrected chi connectivity index (χ2v) is 10.3. The van der Waals surface area contributed by atoms with Gasteiger partial charge in [0.2, 0.25) is 10.0 Å². The number of unbranched alkanes of at least 4 members (excludes halogenated alkanes) is 1. The molecule has 1 amide bonds. The highest BCUT2D eigenvalue weighted by Gasteiger charge is 2.35. The molecular weight excluding hydrogens is 446 g/mol. The lowest BCUT2D eigenvalue weighted by molar-refractivity contribution is -0.131. The first-order valence-corrected chi connectivity index (χ1v) is 12.3. The number of anilines is 1. The van der Waals surface area contributed by atoms with Crippen LogP contribution >= 0.6 is 0 Å². The molecule has 0 radical (unpaired) electrons. The Bertz CT molecular complexity index is 1060. The monoisotopic (exact) mass is 477 g/mol. The highest BCUT2D eigenvalue weighted by atomic mass is 32.2. The van der Waals surface area contributed by atoms with Gasteiger partial charge in [0.15, 0.2) is 0 Å². The Labute approximate surface area is 195 Å². The Kier molecular flexibility index (Phi) is 8.87. The number of rotatable bonds is 9. The van der Waals surface area contributed by atoms with E-state index in [1.807, 2.05) is 37.3 Å². The predicted octanol–water partition coefficient (Wildman–Crippen LogP) is 5.06. The van der Waals surface area contributed by atoms with Crippen molar-refractivity contribution in [3.8, 4) is 11.5 Å². The first-order valence-electron chi connectivity index (χ1n) is 10.7. The Morgan fingerprint density at radius 2 is 1.70 bits per heavy atom. The van der Waals surface area contributed by atoms with Gasteiger partial charge in [0.05, 0.1) is 5.75 Å². The van der Waals surface area contributed by atoms with Crippen LogP contribution in [0.25, 0.3) is 0 Å². The summed E-state index contributed by atoms with van der Waals surface area (Å²) in [6.07, 6.45) is -0.0966. The molecule has 0 atom stereocenters. The van der Waals surface area contributed by atoms with Crippen molar-refractivity contribution in [3.63, 3.8) is 0 Å². The molecule has 0 saturated heterocycles. The number of esters is 1. The maximum absolute atomic E-state index is 13.2. The second kappa shape index (κ2) is 11.2. The van der Waals surface area contributed by atoms with Gasteiger partial charge in [-0.15, -0.1) is 0 Å². The SMILES string of the molecule is CCCCS(=O)(=O)N(C(=O)OC(C)(C)C)c1cc(OC(C)=O)ccc1OCc1ccccc1. The summed E-state index contributed by atoms with van der Waals surface area (Å²) in [5, 5.41) is 0. The lowest BCUT2D eigenvalue weighted by atomic mass is 10.2. The number of carbonyl (C=O) groups excluding carboxylic acids is 2. The van der Waals surface area contributed by atoms with E-state index in [0.717, 1.165) is 5.56 Å². The van der Waals surface area contributed by atoms with Gasteiger partial charge >= 0.3 is 12.1 Å². The van der Waals surface area contributed by atoms with Crippen molar-refractivity contribution in [2.45, 2.75) is 59.7 Å². The Morgan fingerprint density at radius 1 is 1.03 bits per heavy atom. The van der Waals surface area contributed by atoms with Crippen LogP contribution < -0.4 is 13.8 Å². The minimum absolute atomic E-state index is 0.0730. The van der Waals surface area contributed by atoms with Gasteiger partial charge in [-0.3, -0.25) is 4.79 Å². The molecule has 33 heavy (non-hydrogen) atoms. The van der Waals surface area contributed by atoms with Crippen molar-refractivity contribution >= 4 is 27.8 Å². The molecule has 2 rings (SSSR count). The molecule has 8 nitrogen and oxygen atoms in total. The molecule has 0 spiro atoms. The molecule has 0 aliphatic rings. The highest BCUT2D eigenvalue weighted by molar-refractivity contribution is 7.93. The summed E-state index contributed by atoms with van der Waals surface area (Å²) in [5.41, 5.74) is -0.172. The third kappa shape index (κ3) is 8.09. The number of benzene rings is 2. The third-order valence-corrected chi connectivity index (χ3v) is 5.95. The molecular formula is C24H31NO7S. The van der Waals surface area contributed by atoms with Crippen LogP contribution in [0.2, 0.25) is 0 Å². The third-order valence-electron chi connectivity index (χ3n) is 4.24. The molecule has 0 unspecified atom stereocenters. The molecule has 0 fully saturated rings. The van der Waals surface area contributed by atoms with Crippen LogP contribution in [-0.2, 0) is 26.2 Å². The summed E-state index contributed by atoms with van der Waals surface area (Å²) in [7, 11) is -4.12. The zero-order chi connectivity index (χ0) is 24.6. The molecule has 0 saturated carbocycles. The summed E-state index contributed by atoms with van der Waals surface area (Å²) in [6.45, 7) is 8.14. The zero-order valence-electron chi connectivity index (χ0n) is 19.7. The fourth-order valence-electron chi connectivity index (χ4n) is 2.83. The molecule has 2 aromatic carbocycles. The van der Waals surface area contributed by atoms with Gasteiger partial charge in [-0.2, -0.15) is 4.31 Å². The Morgan fingerprint density at radius 3 is 2.27 bits per heavy atom. The van der Waals surface area contributed by atoms with E-state index in [1.54, 1.807) is 20.8 Å². The van der Waals surface area contributed by atoms with E-state index in [0.29, 0.717) is 17.1 Å². The van der Waals surface area contributed by atoms with Gasteiger partial charge in [0.25, 0.3) is 0 Å². The summed E-state index contributed by atoms with van der Waals surface area (Å²) >= 11 is 0. The molecule has 9 heteroatoms. The van der Waals surface area contributed by atoms with Crippen LogP contribution in [0, 0.1) is 0 Å². The molecule has 0 aromatic heterocycles. The second-order valence-electron chi connectivity index (χ2n) is 8.41. The molecule has 0 heterocycles. The molecule has 0 aliphatic carbocycles. The topological polar surface area (TPSA) is 99.2 Å². The summed E-state index contributed by atoms with van der Waals surface area (Å²) in [4.78, 5) is 24.6. The lowest BCUT2D eigenvalue weighted by Gasteiger charge is -2.28. The molecule has 2 aromatic rings. The van der Waals surface area contributed by atoms with Crippen LogP contribution in [0.1, 0.15) is 53.0 Å². The average molecular weight is 478 g/mol. The number of hydrogen-bond acceptors (Lipinski definition) is 7. The molecule has 180 valence electrons. The number of hydrogen-bond donors (Lipinski definition) is 0. The minimum Gasteiger partial charge on any atom is -0.487 e. The first-order chi connectivity index (χ1) is 15.4. The summed E-state index contributed by atoms with van der Waals surface area (Å²) < 4.78 is 43.5. The van der Waals surface area contributed by atoms with E-state index >= 15 is 0 Å². The Hall–Kier alpha value is -3.07. The van der Waals surface area contributed by atoms with E-state index < -0.39 is 27.7 Å². The normalized spacial score (nSPS) is 11.5. The largest absolute Gasteiger partial charge is 0.487 e. The van der Waals surface area contributed by atoms with Gasteiger partial charge in [-0.05, 0) is 44.9 Å². The van der Waals surface area contributed by atoms with Crippen molar-refractivity contribution in [2.75, 3.05) is 10.1 Å². The van der Waals surface area contributed by atoms with Gasteiger partial charge in [0, 0.05) is 13.0 Å². The van der Waals surface area contributed by atoms with Crippen LogP contribution in [0.5, 0.6) is 11.5 Å². The quantitative estimate of drug-likeness (QED) is 0.367. The van der Waals surface area contributed by atoms with Crippen molar-refractivity contribution < 1.29 is 32.2 Å². The highest BCUT2D eigenvalue weighted by Crippen LogP contribution is 2.36. The summed E-state index contributed by atoms with van der Waals surface area (Å²) in [5.74, 6) is -0.653. The summed E-state index contributed by atoms with van der Waals surface area (Å²) in [6, 6.07) is 13.5. The van der Waals surface area contributed by atoms with Crippen LogP contribution in [-0.4, -0.2) is 31.8 Å². The van der Waals surface area contributed by atoms with E-state index in [1.165, 1.54) is 25.1 Å².